The molecule has 1 heterocycles. The van der Waals surface area contributed by atoms with Gasteiger partial charge < -0.3 is 14.8 Å². The van der Waals surface area contributed by atoms with Crippen molar-refractivity contribution in [3.05, 3.63) is 24.3 Å². The number of rotatable bonds is 8. The van der Waals surface area contributed by atoms with Crippen molar-refractivity contribution in [3.63, 3.8) is 0 Å². The Morgan fingerprint density at radius 2 is 1.83 bits per heavy atom. The van der Waals surface area contributed by atoms with Crippen LogP contribution in [0.15, 0.2) is 29.2 Å². The van der Waals surface area contributed by atoms with Gasteiger partial charge in [-0.25, -0.2) is 8.42 Å². The number of hydrogen-bond donors (Lipinski definition) is 1. The van der Waals surface area contributed by atoms with Crippen molar-refractivity contribution in [2.75, 3.05) is 47.0 Å². The van der Waals surface area contributed by atoms with Crippen LogP contribution in [0.1, 0.15) is 12.8 Å². The molecular weight excluding hydrogens is 316 g/mol. The molecule has 0 aromatic heterocycles. The maximum Gasteiger partial charge on any atom is 0.243 e. The highest BCUT2D eigenvalue weighted by atomic mass is 32.2. The van der Waals surface area contributed by atoms with Crippen molar-refractivity contribution in [2.45, 2.75) is 17.7 Å². The number of nitrogens with zero attached hydrogens (tertiary/aromatic N) is 1. The van der Waals surface area contributed by atoms with Gasteiger partial charge in [0.05, 0.1) is 11.5 Å². The Hall–Kier alpha value is -1.15. The third-order valence-corrected chi connectivity index (χ3v) is 6.00. The largest absolute Gasteiger partial charge is 0.491 e. The van der Waals surface area contributed by atoms with E-state index in [-0.39, 0.29) is 0 Å². The van der Waals surface area contributed by atoms with Crippen LogP contribution in [0.3, 0.4) is 0 Å². The molecule has 1 saturated heterocycles. The molecular formula is C16H26N2O4S. The third kappa shape index (κ3) is 4.91. The van der Waals surface area contributed by atoms with Gasteiger partial charge in [0, 0.05) is 20.2 Å². The molecule has 0 radical (unpaired) electrons. The molecule has 7 heteroatoms. The monoisotopic (exact) mass is 342 g/mol. The molecule has 0 saturated carbocycles. The highest BCUT2D eigenvalue weighted by Crippen LogP contribution is 2.24. The fraction of sp³-hybridized carbons (Fsp3) is 0.625. The molecule has 0 unspecified atom stereocenters. The zero-order chi connectivity index (χ0) is 16.7. The lowest BCUT2D eigenvalue weighted by molar-refractivity contribution is 0.146. The van der Waals surface area contributed by atoms with Gasteiger partial charge in [0.2, 0.25) is 10.0 Å². The Morgan fingerprint density at radius 1 is 1.17 bits per heavy atom. The fourth-order valence-electron chi connectivity index (χ4n) is 2.74. The second-order valence-electron chi connectivity index (χ2n) is 5.72. The van der Waals surface area contributed by atoms with Gasteiger partial charge in [0.1, 0.15) is 12.4 Å². The average Bonchev–Trinajstić information content (AvgIpc) is 2.56. The van der Waals surface area contributed by atoms with E-state index < -0.39 is 10.0 Å². The minimum absolute atomic E-state index is 0.323. The Morgan fingerprint density at radius 3 is 2.39 bits per heavy atom. The molecule has 1 N–H and O–H groups in total. The van der Waals surface area contributed by atoms with Crippen molar-refractivity contribution in [3.8, 4) is 5.75 Å². The summed E-state index contributed by atoms with van der Waals surface area (Å²) in [6, 6.07) is 6.60. The molecule has 0 spiro atoms. The smallest absolute Gasteiger partial charge is 0.243 e. The lowest BCUT2D eigenvalue weighted by atomic mass is 9.98. The molecule has 1 fully saturated rings. The molecule has 0 atom stereocenters. The Kier molecular flexibility index (Phi) is 6.83. The van der Waals surface area contributed by atoms with Gasteiger partial charge >= 0.3 is 0 Å². The van der Waals surface area contributed by atoms with Crippen molar-refractivity contribution in [1.82, 2.24) is 9.62 Å². The lowest BCUT2D eigenvalue weighted by Crippen LogP contribution is -2.40. The molecule has 1 aromatic rings. The molecule has 1 aliphatic heterocycles. The first-order valence-corrected chi connectivity index (χ1v) is 9.38. The van der Waals surface area contributed by atoms with Gasteiger partial charge in [-0.15, -0.1) is 0 Å². The number of piperidine rings is 1. The number of sulfonamides is 1. The summed E-state index contributed by atoms with van der Waals surface area (Å²) >= 11 is 0. The predicted octanol–water partition coefficient (Wildman–Crippen LogP) is 1.33. The van der Waals surface area contributed by atoms with Crippen LogP contribution >= 0.6 is 0 Å². The van der Waals surface area contributed by atoms with Gasteiger partial charge in [0.15, 0.2) is 0 Å². The van der Waals surface area contributed by atoms with E-state index in [4.69, 9.17) is 9.47 Å². The van der Waals surface area contributed by atoms with E-state index in [1.807, 2.05) is 7.05 Å². The standard InChI is InChI=1S/C16H26N2O4S/c1-17-13-14-7-9-18(10-8-14)23(19,20)16-5-3-15(4-6-16)22-12-11-21-2/h3-6,14,17H,7-13H2,1-2H3. The summed E-state index contributed by atoms with van der Waals surface area (Å²) in [5, 5.41) is 3.16. The first-order chi connectivity index (χ1) is 11.1. The maximum atomic E-state index is 12.7. The first kappa shape index (κ1) is 18.2. The predicted molar refractivity (Wildman–Crippen MR) is 89.2 cm³/mol. The number of hydrogen-bond acceptors (Lipinski definition) is 5. The van der Waals surface area contributed by atoms with E-state index >= 15 is 0 Å². The lowest BCUT2D eigenvalue weighted by Gasteiger charge is -2.31. The fourth-order valence-corrected chi connectivity index (χ4v) is 4.21. The Labute approximate surface area is 138 Å². The van der Waals surface area contributed by atoms with Crippen LogP contribution in [0.25, 0.3) is 0 Å². The minimum atomic E-state index is -3.41. The second kappa shape index (κ2) is 8.63. The van der Waals surface area contributed by atoms with Gasteiger partial charge in [-0.1, -0.05) is 0 Å². The van der Waals surface area contributed by atoms with Crippen LogP contribution in [0, 0.1) is 5.92 Å². The van der Waals surface area contributed by atoms with E-state index in [1.54, 1.807) is 35.7 Å². The molecule has 1 aliphatic rings. The summed E-state index contributed by atoms with van der Waals surface area (Å²) in [7, 11) is 0.130. The molecule has 6 nitrogen and oxygen atoms in total. The summed E-state index contributed by atoms with van der Waals surface area (Å²) in [6.45, 7) is 3.06. The molecule has 0 amide bonds. The van der Waals surface area contributed by atoms with Crippen LogP contribution in [0.2, 0.25) is 0 Å². The summed E-state index contributed by atoms with van der Waals surface area (Å²) in [5.41, 5.74) is 0. The summed E-state index contributed by atoms with van der Waals surface area (Å²) in [4.78, 5) is 0.323. The zero-order valence-electron chi connectivity index (χ0n) is 13.8. The second-order valence-corrected chi connectivity index (χ2v) is 7.66. The van der Waals surface area contributed by atoms with Gasteiger partial charge in [-0.3, -0.25) is 0 Å². The van der Waals surface area contributed by atoms with Crippen LogP contribution in [-0.2, 0) is 14.8 Å². The van der Waals surface area contributed by atoms with Crippen LogP contribution in [-0.4, -0.2) is 59.7 Å². The minimum Gasteiger partial charge on any atom is -0.491 e. The zero-order valence-corrected chi connectivity index (χ0v) is 14.6. The number of methoxy groups -OCH3 is 1. The number of benzene rings is 1. The number of ether oxygens (including phenoxy) is 2. The normalized spacial score (nSPS) is 17.3. The Balaban J connectivity index is 1.97. The van der Waals surface area contributed by atoms with Crippen LogP contribution in [0.4, 0.5) is 0 Å². The van der Waals surface area contributed by atoms with Crippen molar-refractivity contribution < 1.29 is 17.9 Å². The van der Waals surface area contributed by atoms with E-state index in [2.05, 4.69) is 5.32 Å². The van der Waals surface area contributed by atoms with Crippen molar-refractivity contribution in [1.29, 1.82) is 0 Å². The van der Waals surface area contributed by atoms with E-state index in [1.165, 1.54) is 0 Å². The average molecular weight is 342 g/mol. The number of nitrogens with one attached hydrogen (secondary N) is 1. The van der Waals surface area contributed by atoms with Crippen LogP contribution < -0.4 is 10.1 Å². The van der Waals surface area contributed by atoms with Crippen molar-refractivity contribution >= 4 is 10.0 Å². The van der Waals surface area contributed by atoms with Gasteiger partial charge in [0.25, 0.3) is 0 Å². The molecule has 2 rings (SSSR count). The Bertz CT molecular complexity index is 566. The van der Waals surface area contributed by atoms with E-state index in [9.17, 15) is 8.42 Å². The van der Waals surface area contributed by atoms with Crippen LogP contribution in [0.5, 0.6) is 5.75 Å². The summed E-state index contributed by atoms with van der Waals surface area (Å²) in [6.07, 6.45) is 1.80. The molecule has 1 aromatic carbocycles. The highest BCUT2D eigenvalue weighted by Gasteiger charge is 2.29. The summed E-state index contributed by atoms with van der Waals surface area (Å²) in [5.74, 6) is 1.21. The molecule has 0 bridgehead atoms. The molecule has 0 aliphatic carbocycles. The van der Waals surface area contributed by atoms with Gasteiger partial charge in [-0.05, 0) is 56.6 Å². The van der Waals surface area contributed by atoms with E-state index in [0.29, 0.717) is 42.9 Å². The summed E-state index contributed by atoms with van der Waals surface area (Å²) < 4.78 is 37.3. The van der Waals surface area contributed by atoms with Crippen molar-refractivity contribution in [2.24, 2.45) is 5.92 Å². The third-order valence-electron chi connectivity index (χ3n) is 4.08. The van der Waals surface area contributed by atoms with E-state index in [0.717, 1.165) is 19.4 Å². The maximum absolute atomic E-state index is 12.7. The topological polar surface area (TPSA) is 67.9 Å². The highest BCUT2D eigenvalue weighted by molar-refractivity contribution is 7.89. The first-order valence-electron chi connectivity index (χ1n) is 7.94. The quantitative estimate of drug-likeness (QED) is 0.722. The SMILES string of the molecule is CNCC1CCN(S(=O)(=O)c2ccc(OCCOC)cc2)CC1. The van der Waals surface area contributed by atoms with Gasteiger partial charge in [-0.2, -0.15) is 4.31 Å². The molecule has 23 heavy (non-hydrogen) atoms. The molecule has 130 valence electrons.